The van der Waals surface area contributed by atoms with Crippen molar-refractivity contribution in [2.45, 2.75) is 18.9 Å². The Bertz CT molecular complexity index is 429. The van der Waals surface area contributed by atoms with Gasteiger partial charge in [-0.2, -0.15) is 10.1 Å². The maximum atomic E-state index is 5.16. The van der Waals surface area contributed by atoms with Gasteiger partial charge in [-0.1, -0.05) is 5.16 Å². The molecule has 0 aromatic carbocycles. The first-order valence-electron chi connectivity index (χ1n) is 4.99. The number of nitrogens with zero attached hydrogens (tertiary/aromatic N) is 3. The number of H-pyrrole nitrogens is 1. The van der Waals surface area contributed by atoms with Gasteiger partial charge < -0.3 is 9.84 Å². The van der Waals surface area contributed by atoms with E-state index in [2.05, 4.69) is 25.7 Å². The van der Waals surface area contributed by atoms with Crippen LogP contribution in [0.1, 0.15) is 24.7 Å². The first kappa shape index (κ1) is 8.60. The Morgan fingerprint density at radius 3 is 3.20 bits per heavy atom. The summed E-state index contributed by atoms with van der Waals surface area (Å²) in [7, 11) is 0. The van der Waals surface area contributed by atoms with Gasteiger partial charge in [-0.25, -0.2) is 0 Å². The number of aromatic amines is 1. The molecule has 3 rings (SSSR count). The molecule has 1 aliphatic rings. The summed E-state index contributed by atoms with van der Waals surface area (Å²) in [6.45, 7) is 1.03. The fraction of sp³-hybridized carbons (Fsp3) is 0.444. The van der Waals surface area contributed by atoms with Crippen molar-refractivity contribution < 1.29 is 4.52 Å². The Labute approximate surface area is 86.1 Å². The van der Waals surface area contributed by atoms with Crippen molar-refractivity contribution in [3.63, 3.8) is 0 Å². The lowest BCUT2D eigenvalue weighted by Crippen LogP contribution is -2.14. The molecule has 2 N–H and O–H groups in total. The topological polar surface area (TPSA) is 79.6 Å². The maximum Gasteiger partial charge on any atom is 0.261 e. The molecular weight excluding hydrogens is 194 g/mol. The van der Waals surface area contributed by atoms with Gasteiger partial charge in [-0.15, -0.1) is 0 Å². The molecule has 15 heavy (non-hydrogen) atoms. The molecule has 1 fully saturated rings. The van der Waals surface area contributed by atoms with Crippen LogP contribution >= 0.6 is 0 Å². The molecule has 0 spiro atoms. The van der Waals surface area contributed by atoms with Gasteiger partial charge in [0.15, 0.2) is 5.82 Å². The van der Waals surface area contributed by atoms with Crippen LogP contribution in [0.5, 0.6) is 0 Å². The van der Waals surface area contributed by atoms with Crippen LogP contribution in [-0.4, -0.2) is 26.9 Å². The Morgan fingerprint density at radius 1 is 1.47 bits per heavy atom. The second-order valence-corrected chi connectivity index (χ2v) is 3.59. The molecule has 1 unspecified atom stereocenters. The van der Waals surface area contributed by atoms with Gasteiger partial charge in [0.2, 0.25) is 0 Å². The monoisotopic (exact) mass is 205 g/mol. The Hall–Kier alpha value is -1.69. The normalized spacial score (nSPS) is 20.9. The lowest BCUT2D eigenvalue weighted by molar-refractivity contribution is 0.412. The fourth-order valence-electron chi connectivity index (χ4n) is 1.77. The van der Waals surface area contributed by atoms with E-state index in [1.165, 1.54) is 6.42 Å². The Balaban J connectivity index is 1.87. The molecule has 6 nitrogen and oxygen atoms in total. The first-order chi connectivity index (χ1) is 7.43. The molecular formula is C9H11N5O. The minimum Gasteiger partial charge on any atom is -0.334 e. The van der Waals surface area contributed by atoms with E-state index >= 15 is 0 Å². The molecule has 1 atom stereocenters. The zero-order valence-electron chi connectivity index (χ0n) is 8.10. The van der Waals surface area contributed by atoms with Gasteiger partial charge in [0.25, 0.3) is 5.89 Å². The molecule has 2 aromatic heterocycles. The van der Waals surface area contributed by atoms with Crippen LogP contribution in [0.4, 0.5) is 0 Å². The average molecular weight is 205 g/mol. The summed E-state index contributed by atoms with van der Waals surface area (Å²) in [6, 6.07) is 0.245. The highest BCUT2D eigenvalue weighted by molar-refractivity contribution is 5.49. The Kier molecular flexibility index (Phi) is 1.99. The predicted octanol–water partition coefficient (Wildman–Crippen LogP) is 0.884. The van der Waals surface area contributed by atoms with E-state index in [1.807, 2.05) is 0 Å². The van der Waals surface area contributed by atoms with Gasteiger partial charge in [-0.3, -0.25) is 5.10 Å². The largest absolute Gasteiger partial charge is 0.334 e. The fourth-order valence-corrected chi connectivity index (χ4v) is 1.77. The number of hydrogen-bond acceptors (Lipinski definition) is 5. The van der Waals surface area contributed by atoms with Crippen LogP contribution in [0.25, 0.3) is 11.5 Å². The molecule has 0 bridgehead atoms. The van der Waals surface area contributed by atoms with Crippen molar-refractivity contribution in [3.05, 3.63) is 18.2 Å². The van der Waals surface area contributed by atoms with Crippen LogP contribution in [0.2, 0.25) is 0 Å². The summed E-state index contributed by atoms with van der Waals surface area (Å²) in [4.78, 5) is 4.33. The second-order valence-electron chi connectivity index (χ2n) is 3.59. The summed E-state index contributed by atoms with van der Waals surface area (Å²) >= 11 is 0. The zero-order chi connectivity index (χ0) is 10.1. The number of hydrogen-bond donors (Lipinski definition) is 2. The third kappa shape index (κ3) is 1.52. The van der Waals surface area contributed by atoms with E-state index < -0.39 is 0 Å². The highest BCUT2D eigenvalue weighted by atomic mass is 16.5. The van der Waals surface area contributed by atoms with Gasteiger partial charge in [-0.05, 0) is 19.4 Å². The number of nitrogens with one attached hydrogen (secondary N) is 2. The molecule has 0 aliphatic carbocycles. The van der Waals surface area contributed by atoms with Crippen molar-refractivity contribution >= 4 is 0 Å². The predicted molar refractivity (Wildman–Crippen MR) is 51.9 cm³/mol. The van der Waals surface area contributed by atoms with Crippen molar-refractivity contribution in [3.8, 4) is 11.5 Å². The summed E-state index contributed by atoms with van der Waals surface area (Å²) in [6.07, 6.45) is 5.64. The third-order valence-electron chi connectivity index (χ3n) is 2.56. The van der Waals surface area contributed by atoms with Crippen molar-refractivity contribution in [1.82, 2.24) is 25.7 Å². The van der Waals surface area contributed by atoms with Crippen LogP contribution in [-0.2, 0) is 0 Å². The molecule has 6 heteroatoms. The Morgan fingerprint density at radius 2 is 2.47 bits per heavy atom. The molecule has 1 aliphatic heterocycles. The minimum atomic E-state index is 0.245. The van der Waals surface area contributed by atoms with E-state index in [1.54, 1.807) is 12.4 Å². The van der Waals surface area contributed by atoms with E-state index in [0.717, 1.165) is 24.4 Å². The van der Waals surface area contributed by atoms with E-state index in [-0.39, 0.29) is 6.04 Å². The lowest BCUT2D eigenvalue weighted by Gasteiger charge is -2.01. The van der Waals surface area contributed by atoms with E-state index in [0.29, 0.717) is 5.89 Å². The van der Waals surface area contributed by atoms with E-state index in [9.17, 15) is 0 Å². The molecule has 0 saturated carbocycles. The number of rotatable bonds is 2. The smallest absolute Gasteiger partial charge is 0.261 e. The molecule has 1 saturated heterocycles. The standard InChI is InChI=1S/C9H11N5O/c1-2-7(10-3-1)8-13-9(15-14-8)6-4-11-12-5-6/h4-5,7,10H,1-3H2,(H,11,12). The van der Waals surface area contributed by atoms with Crippen LogP contribution in [0.3, 0.4) is 0 Å². The molecule has 0 radical (unpaired) electrons. The van der Waals surface area contributed by atoms with Crippen LogP contribution < -0.4 is 5.32 Å². The third-order valence-corrected chi connectivity index (χ3v) is 2.56. The van der Waals surface area contributed by atoms with Gasteiger partial charge in [0.05, 0.1) is 17.8 Å². The van der Waals surface area contributed by atoms with Crippen molar-refractivity contribution in [2.24, 2.45) is 0 Å². The minimum absolute atomic E-state index is 0.245. The van der Waals surface area contributed by atoms with Crippen molar-refractivity contribution in [1.29, 1.82) is 0 Å². The SMILES string of the molecule is c1n[nH]cc1-c1nc(C2CCCN2)no1. The quantitative estimate of drug-likeness (QED) is 0.760. The van der Waals surface area contributed by atoms with Gasteiger partial charge in [0.1, 0.15) is 0 Å². The summed E-state index contributed by atoms with van der Waals surface area (Å²) in [5.41, 5.74) is 0.826. The summed E-state index contributed by atoms with van der Waals surface area (Å²) in [5.74, 6) is 1.26. The molecule has 0 amide bonds. The summed E-state index contributed by atoms with van der Waals surface area (Å²) in [5, 5.41) is 13.8. The van der Waals surface area contributed by atoms with Gasteiger partial charge >= 0.3 is 0 Å². The molecule has 78 valence electrons. The van der Waals surface area contributed by atoms with Crippen LogP contribution in [0, 0.1) is 0 Å². The van der Waals surface area contributed by atoms with Gasteiger partial charge in [0, 0.05) is 6.20 Å². The molecule has 2 aromatic rings. The first-order valence-corrected chi connectivity index (χ1v) is 4.99. The highest BCUT2D eigenvalue weighted by Gasteiger charge is 2.22. The summed E-state index contributed by atoms with van der Waals surface area (Å²) < 4.78 is 5.16. The van der Waals surface area contributed by atoms with Crippen molar-refractivity contribution in [2.75, 3.05) is 6.54 Å². The highest BCUT2D eigenvalue weighted by Crippen LogP contribution is 2.23. The van der Waals surface area contributed by atoms with Crippen LogP contribution in [0.15, 0.2) is 16.9 Å². The number of aromatic nitrogens is 4. The second kappa shape index (κ2) is 3.47. The lowest BCUT2D eigenvalue weighted by atomic mass is 10.2. The van der Waals surface area contributed by atoms with E-state index in [4.69, 9.17) is 4.52 Å². The zero-order valence-corrected chi connectivity index (χ0v) is 8.10. The average Bonchev–Trinajstić information content (AvgIpc) is 3.02. The maximum absolute atomic E-state index is 5.16. The molecule has 3 heterocycles.